The van der Waals surface area contributed by atoms with Crippen LogP contribution in [-0.4, -0.2) is 10.9 Å². The van der Waals surface area contributed by atoms with Gasteiger partial charge in [-0.2, -0.15) is 0 Å². The zero-order valence-corrected chi connectivity index (χ0v) is 13.0. The van der Waals surface area contributed by atoms with Crippen LogP contribution >= 0.6 is 7.14 Å². The van der Waals surface area contributed by atoms with Crippen molar-refractivity contribution in [1.82, 2.24) is 0 Å². The standard InChI is InChI=1S/C17H19O3P/c1-17(2,20-18)13-14-21(19,15-9-5-3-6-10-15)16-11-7-4-8-12-16/h3-14,18H,1-2H3/b14-13+. The molecule has 2 aromatic carbocycles. The molecule has 0 aliphatic carbocycles. The second-order valence-corrected chi connectivity index (χ2v) is 7.99. The number of hydrogen-bond donors (Lipinski definition) is 1. The maximum absolute atomic E-state index is 13.6. The summed E-state index contributed by atoms with van der Waals surface area (Å²) in [5.74, 6) is 1.65. The summed E-state index contributed by atoms with van der Waals surface area (Å²) < 4.78 is 13.6. The first kappa shape index (κ1) is 15.7. The highest BCUT2D eigenvalue weighted by molar-refractivity contribution is 7.81. The van der Waals surface area contributed by atoms with E-state index in [4.69, 9.17) is 5.26 Å². The average molecular weight is 302 g/mol. The van der Waals surface area contributed by atoms with Crippen LogP contribution in [0.5, 0.6) is 0 Å². The first-order chi connectivity index (χ1) is 9.98. The van der Waals surface area contributed by atoms with E-state index in [-0.39, 0.29) is 0 Å². The zero-order valence-electron chi connectivity index (χ0n) is 12.1. The van der Waals surface area contributed by atoms with E-state index in [0.29, 0.717) is 0 Å². The summed E-state index contributed by atoms with van der Waals surface area (Å²) in [5, 5.41) is 10.4. The van der Waals surface area contributed by atoms with Crippen LogP contribution in [0.1, 0.15) is 13.8 Å². The van der Waals surface area contributed by atoms with Crippen LogP contribution < -0.4 is 10.6 Å². The van der Waals surface area contributed by atoms with Gasteiger partial charge in [-0.3, -0.25) is 5.26 Å². The molecule has 0 spiro atoms. The van der Waals surface area contributed by atoms with Crippen molar-refractivity contribution in [2.24, 2.45) is 0 Å². The molecule has 0 aromatic heterocycles. The second-order valence-electron chi connectivity index (χ2n) is 5.34. The third-order valence-electron chi connectivity index (χ3n) is 3.20. The maximum atomic E-state index is 13.6. The molecule has 0 bridgehead atoms. The molecule has 0 unspecified atom stereocenters. The highest BCUT2D eigenvalue weighted by Crippen LogP contribution is 2.45. The molecule has 0 amide bonds. The molecule has 2 rings (SSSR count). The van der Waals surface area contributed by atoms with E-state index >= 15 is 0 Å². The van der Waals surface area contributed by atoms with E-state index in [0.717, 1.165) is 10.6 Å². The predicted octanol–water partition coefficient (Wildman–Crippen LogP) is 3.78. The first-order valence-electron chi connectivity index (χ1n) is 6.72. The monoisotopic (exact) mass is 302 g/mol. The van der Waals surface area contributed by atoms with Gasteiger partial charge in [0.2, 0.25) is 0 Å². The van der Waals surface area contributed by atoms with Gasteiger partial charge >= 0.3 is 0 Å². The minimum absolute atomic E-state index is 0.751. The molecule has 3 nitrogen and oxygen atoms in total. The van der Waals surface area contributed by atoms with Gasteiger partial charge in [0.15, 0.2) is 7.14 Å². The van der Waals surface area contributed by atoms with Crippen LogP contribution in [0.3, 0.4) is 0 Å². The van der Waals surface area contributed by atoms with Crippen LogP contribution in [0.4, 0.5) is 0 Å². The van der Waals surface area contributed by atoms with E-state index in [9.17, 15) is 4.57 Å². The van der Waals surface area contributed by atoms with Crippen LogP contribution in [0.25, 0.3) is 0 Å². The van der Waals surface area contributed by atoms with E-state index in [1.807, 2.05) is 60.7 Å². The summed E-state index contributed by atoms with van der Waals surface area (Å²) in [4.78, 5) is 4.40. The van der Waals surface area contributed by atoms with E-state index in [2.05, 4.69) is 4.89 Å². The molecule has 0 aliphatic rings. The number of benzene rings is 2. The van der Waals surface area contributed by atoms with Crippen molar-refractivity contribution in [2.45, 2.75) is 19.4 Å². The lowest BCUT2D eigenvalue weighted by Crippen LogP contribution is -2.20. The molecule has 21 heavy (non-hydrogen) atoms. The molecule has 4 heteroatoms. The van der Waals surface area contributed by atoms with Gasteiger partial charge in [-0.1, -0.05) is 60.7 Å². The van der Waals surface area contributed by atoms with Crippen LogP contribution in [0.15, 0.2) is 72.6 Å². The van der Waals surface area contributed by atoms with Gasteiger partial charge in [-0.15, -0.1) is 0 Å². The molecule has 0 fully saturated rings. The van der Waals surface area contributed by atoms with Crippen molar-refractivity contribution >= 4 is 17.8 Å². The fraction of sp³-hybridized carbons (Fsp3) is 0.176. The lowest BCUT2D eigenvalue weighted by atomic mass is 10.1. The quantitative estimate of drug-likeness (QED) is 0.519. The Bertz CT molecular complexity index is 605. The fourth-order valence-corrected chi connectivity index (χ4v) is 4.38. The van der Waals surface area contributed by atoms with Gasteiger partial charge in [-0.25, -0.2) is 4.89 Å². The topological polar surface area (TPSA) is 46.5 Å². The molecule has 110 valence electrons. The van der Waals surface area contributed by atoms with Gasteiger partial charge in [0.05, 0.1) is 0 Å². The van der Waals surface area contributed by atoms with Crippen molar-refractivity contribution < 1.29 is 14.7 Å². The Labute approximate surface area is 125 Å². The molecule has 0 radical (unpaired) electrons. The molecule has 2 aromatic rings. The normalized spacial score (nSPS) is 12.7. The molecule has 0 saturated heterocycles. The molecule has 1 N–H and O–H groups in total. The van der Waals surface area contributed by atoms with Crippen molar-refractivity contribution in [3.05, 3.63) is 72.6 Å². The molecule has 0 aliphatic heterocycles. The predicted molar refractivity (Wildman–Crippen MR) is 86.7 cm³/mol. The largest absolute Gasteiger partial charge is 0.309 e. The van der Waals surface area contributed by atoms with Crippen molar-refractivity contribution in [3.8, 4) is 0 Å². The Kier molecular flexibility index (Phi) is 4.79. The van der Waals surface area contributed by atoms with Gasteiger partial charge in [0.25, 0.3) is 0 Å². The first-order valence-corrected chi connectivity index (χ1v) is 8.49. The van der Waals surface area contributed by atoms with E-state index in [1.54, 1.807) is 25.7 Å². The Morgan fingerprint density at radius 1 is 0.952 bits per heavy atom. The average Bonchev–Trinajstić information content (AvgIpc) is 2.54. The van der Waals surface area contributed by atoms with Crippen molar-refractivity contribution in [1.29, 1.82) is 0 Å². The van der Waals surface area contributed by atoms with Gasteiger partial charge in [0.1, 0.15) is 5.60 Å². The molecule has 0 heterocycles. The van der Waals surface area contributed by atoms with E-state index in [1.165, 1.54) is 0 Å². The van der Waals surface area contributed by atoms with Crippen LogP contribution in [0.2, 0.25) is 0 Å². The smallest absolute Gasteiger partial charge is 0.163 e. The summed E-state index contributed by atoms with van der Waals surface area (Å²) in [6.45, 7) is 3.40. The fourth-order valence-electron chi connectivity index (χ4n) is 1.94. The number of rotatable bonds is 5. The Morgan fingerprint density at radius 3 is 1.76 bits per heavy atom. The molecular weight excluding hydrogens is 283 g/mol. The zero-order chi connectivity index (χ0) is 15.3. The van der Waals surface area contributed by atoms with Crippen molar-refractivity contribution in [2.75, 3.05) is 0 Å². The third kappa shape index (κ3) is 3.70. The number of hydrogen-bond acceptors (Lipinski definition) is 3. The lowest BCUT2D eigenvalue weighted by molar-refractivity contribution is -0.296. The molecule has 0 saturated carbocycles. The van der Waals surface area contributed by atoms with Crippen LogP contribution in [0, 0.1) is 0 Å². The summed E-state index contributed by atoms with van der Waals surface area (Å²) in [6.07, 6.45) is 1.63. The summed E-state index contributed by atoms with van der Waals surface area (Å²) in [5.41, 5.74) is -0.890. The Morgan fingerprint density at radius 2 is 1.38 bits per heavy atom. The van der Waals surface area contributed by atoms with Crippen LogP contribution in [-0.2, 0) is 9.45 Å². The minimum Gasteiger partial charge on any atom is -0.309 e. The van der Waals surface area contributed by atoms with Gasteiger partial charge < -0.3 is 4.57 Å². The highest BCUT2D eigenvalue weighted by Gasteiger charge is 2.25. The summed E-state index contributed by atoms with van der Waals surface area (Å²) in [7, 11) is -2.91. The second kappa shape index (κ2) is 6.40. The highest BCUT2D eigenvalue weighted by atomic mass is 31.2. The van der Waals surface area contributed by atoms with Gasteiger partial charge in [0, 0.05) is 10.6 Å². The lowest BCUT2D eigenvalue weighted by Gasteiger charge is -2.19. The summed E-state index contributed by atoms with van der Waals surface area (Å²) in [6, 6.07) is 18.7. The Balaban J connectivity index is 2.54. The Hall–Kier alpha value is -1.67. The maximum Gasteiger partial charge on any atom is 0.163 e. The molecule has 0 atom stereocenters. The van der Waals surface area contributed by atoms with Gasteiger partial charge in [-0.05, 0) is 25.7 Å². The van der Waals surface area contributed by atoms with Crippen molar-refractivity contribution in [3.63, 3.8) is 0 Å². The minimum atomic E-state index is -2.91. The third-order valence-corrected chi connectivity index (χ3v) is 5.90. The SMILES string of the molecule is CC(C)(/C=C/P(=O)(c1ccccc1)c1ccccc1)OO. The molecular formula is C17H19O3P. The summed E-state index contributed by atoms with van der Waals surface area (Å²) >= 11 is 0. The van der Waals surface area contributed by atoms with E-state index < -0.39 is 12.7 Å².